The van der Waals surface area contributed by atoms with Crippen LogP contribution in [0.1, 0.15) is 18.1 Å². The van der Waals surface area contributed by atoms with E-state index in [0.717, 1.165) is 28.3 Å². The number of benzene rings is 2. The third-order valence-electron chi connectivity index (χ3n) is 3.03. The van der Waals surface area contributed by atoms with E-state index in [-0.39, 0.29) is 24.8 Å². The van der Waals surface area contributed by atoms with Crippen LogP contribution < -0.4 is 16.2 Å². The first-order valence-corrected chi connectivity index (χ1v) is 8.18. The fourth-order valence-corrected chi connectivity index (χ4v) is 2.44. The highest BCUT2D eigenvalue weighted by Gasteiger charge is 2.05. The number of nitrogens with two attached hydrogens (primary N) is 2. The third-order valence-corrected chi connectivity index (χ3v) is 3.71. The minimum absolute atomic E-state index is 0. The lowest BCUT2D eigenvalue weighted by Crippen LogP contribution is -2.06. The van der Waals surface area contributed by atoms with Gasteiger partial charge in [-0.05, 0) is 29.5 Å². The number of hydrogen-bond donors (Lipinski definition) is 2. The molecule has 24 heavy (non-hydrogen) atoms. The molecule has 0 fully saturated rings. The van der Waals surface area contributed by atoms with E-state index in [9.17, 15) is 0 Å². The van der Waals surface area contributed by atoms with Gasteiger partial charge in [0.2, 0.25) is 0 Å². The van der Waals surface area contributed by atoms with E-state index in [2.05, 4.69) is 4.99 Å². The number of aliphatic imine (C=N–C) groups is 1. The first-order chi connectivity index (χ1) is 10.7. The second-order valence-electron chi connectivity index (χ2n) is 4.65. The molecule has 2 aromatic carbocycles. The number of rotatable bonds is 6. The molecule has 0 saturated carbocycles. The molecule has 0 amide bonds. The van der Waals surface area contributed by atoms with Crippen LogP contribution >= 0.6 is 36.6 Å². The maximum Gasteiger partial charge on any atom is 0.159 e. The fraction of sp³-hybridized carbons (Fsp3) is 0.235. The highest BCUT2D eigenvalue weighted by atomic mass is 35.5. The molecule has 0 radical (unpaired) electrons. The Kier molecular flexibility index (Phi) is 11.3. The number of amidine groups is 1. The minimum Gasteiger partial charge on any atom is -0.489 e. The van der Waals surface area contributed by atoms with Gasteiger partial charge in [0.15, 0.2) is 5.17 Å². The van der Waals surface area contributed by atoms with Crippen molar-refractivity contribution in [2.45, 2.75) is 20.1 Å². The van der Waals surface area contributed by atoms with Gasteiger partial charge in [-0.2, -0.15) is 0 Å². The number of hydrogen-bond acceptors (Lipinski definition) is 4. The van der Waals surface area contributed by atoms with Crippen LogP contribution in [0.25, 0.3) is 0 Å². The van der Waals surface area contributed by atoms with Crippen LogP contribution in [0.15, 0.2) is 53.5 Å². The van der Waals surface area contributed by atoms with Crippen molar-refractivity contribution in [3.05, 3.63) is 59.7 Å². The second-order valence-corrected chi connectivity index (χ2v) is 5.94. The topological polar surface area (TPSA) is 73.6 Å². The summed E-state index contributed by atoms with van der Waals surface area (Å²) in [5, 5.41) is 0.559. The van der Waals surface area contributed by atoms with E-state index in [0.29, 0.717) is 18.3 Å². The molecule has 2 aromatic rings. The van der Waals surface area contributed by atoms with Gasteiger partial charge in [0, 0.05) is 12.1 Å². The molecular formula is C17H23Cl2N3OS. The number of ether oxygens (including phenoxy) is 1. The van der Waals surface area contributed by atoms with Crippen LogP contribution in [-0.4, -0.2) is 10.9 Å². The Morgan fingerprint density at radius 2 is 1.83 bits per heavy atom. The monoisotopic (exact) mass is 387 g/mol. The van der Waals surface area contributed by atoms with Gasteiger partial charge in [-0.1, -0.05) is 49.0 Å². The minimum atomic E-state index is 0. The first kappa shape index (κ1) is 22.6. The zero-order valence-corrected chi connectivity index (χ0v) is 15.9. The molecule has 0 spiro atoms. The second kappa shape index (κ2) is 12.0. The van der Waals surface area contributed by atoms with Gasteiger partial charge >= 0.3 is 0 Å². The molecule has 0 heterocycles. The lowest BCUT2D eigenvalue weighted by molar-refractivity contribution is 0.303. The molecular weight excluding hydrogens is 365 g/mol. The molecule has 0 aromatic heterocycles. The molecule has 2 rings (SSSR count). The van der Waals surface area contributed by atoms with Gasteiger partial charge in [-0.25, -0.2) is 4.99 Å². The van der Waals surface area contributed by atoms with Crippen LogP contribution in [-0.2, 0) is 13.2 Å². The third kappa shape index (κ3) is 7.01. The van der Waals surface area contributed by atoms with Gasteiger partial charge in [-0.15, -0.1) is 24.8 Å². The highest BCUT2D eigenvalue weighted by Crippen LogP contribution is 2.25. The van der Waals surface area contributed by atoms with Crippen molar-refractivity contribution < 1.29 is 4.74 Å². The van der Waals surface area contributed by atoms with E-state index >= 15 is 0 Å². The Labute approximate surface area is 159 Å². The normalized spacial score (nSPS) is 10.5. The number of halogens is 2. The first-order valence-electron chi connectivity index (χ1n) is 7.19. The Morgan fingerprint density at radius 3 is 2.46 bits per heavy atom. The van der Waals surface area contributed by atoms with Crippen molar-refractivity contribution >= 4 is 47.4 Å². The van der Waals surface area contributed by atoms with Crippen LogP contribution in [0.5, 0.6) is 5.75 Å². The Hall–Kier alpha value is -1.40. The molecule has 0 aliphatic rings. The van der Waals surface area contributed by atoms with E-state index in [1.165, 1.54) is 11.8 Å². The highest BCUT2D eigenvalue weighted by molar-refractivity contribution is 8.13. The average molecular weight is 388 g/mol. The zero-order chi connectivity index (χ0) is 15.8. The summed E-state index contributed by atoms with van der Waals surface area (Å²) < 4.78 is 5.86. The Bertz CT molecular complexity index is 639. The van der Waals surface area contributed by atoms with Gasteiger partial charge in [0.25, 0.3) is 0 Å². The summed E-state index contributed by atoms with van der Waals surface area (Å²) in [6.45, 7) is 2.96. The van der Waals surface area contributed by atoms with Crippen molar-refractivity contribution in [1.29, 1.82) is 0 Å². The SMILES string of the molecule is CCSC(N)=Nc1ccc(OCc2ccccc2)c(CN)c1.Cl.Cl. The van der Waals surface area contributed by atoms with Crippen LogP contribution in [0.3, 0.4) is 0 Å². The van der Waals surface area contributed by atoms with Gasteiger partial charge < -0.3 is 16.2 Å². The molecule has 0 saturated heterocycles. The van der Waals surface area contributed by atoms with E-state index in [4.69, 9.17) is 16.2 Å². The molecule has 4 nitrogen and oxygen atoms in total. The van der Waals surface area contributed by atoms with Crippen molar-refractivity contribution in [3.8, 4) is 5.75 Å². The van der Waals surface area contributed by atoms with Crippen LogP contribution in [0.4, 0.5) is 5.69 Å². The van der Waals surface area contributed by atoms with Crippen LogP contribution in [0.2, 0.25) is 0 Å². The number of nitrogens with zero attached hydrogens (tertiary/aromatic N) is 1. The summed E-state index contributed by atoms with van der Waals surface area (Å²) in [6, 6.07) is 15.7. The van der Waals surface area contributed by atoms with E-state index in [1.54, 1.807) is 0 Å². The van der Waals surface area contributed by atoms with Gasteiger partial charge in [0.05, 0.1) is 5.69 Å². The van der Waals surface area contributed by atoms with Gasteiger partial charge in [0.1, 0.15) is 12.4 Å². The van der Waals surface area contributed by atoms with E-state index in [1.807, 2.05) is 55.5 Å². The molecule has 7 heteroatoms. The predicted octanol–water partition coefficient (Wildman–Crippen LogP) is 4.27. The lowest BCUT2D eigenvalue weighted by Gasteiger charge is -2.11. The molecule has 132 valence electrons. The van der Waals surface area contributed by atoms with E-state index < -0.39 is 0 Å². The molecule has 0 aliphatic heterocycles. The summed E-state index contributed by atoms with van der Waals surface area (Å²) in [7, 11) is 0. The Balaban J connectivity index is 0.00000264. The maximum absolute atomic E-state index is 5.86. The molecule has 0 unspecified atom stereocenters. The largest absolute Gasteiger partial charge is 0.489 e. The summed E-state index contributed by atoms with van der Waals surface area (Å²) in [6.07, 6.45) is 0. The lowest BCUT2D eigenvalue weighted by atomic mass is 10.1. The summed E-state index contributed by atoms with van der Waals surface area (Å²) in [5.41, 5.74) is 14.5. The standard InChI is InChI=1S/C17H21N3OS.2ClH/c1-2-22-17(19)20-15-8-9-16(14(10-15)11-18)21-12-13-6-4-3-5-7-13;;/h3-10H,2,11-12,18H2,1H3,(H2,19,20);2*1H. The summed E-state index contributed by atoms with van der Waals surface area (Å²) >= 11 is 1.52. The fourth-order valence-electron chi connectivity index (χ4n) is 1.98. The van der Waals surface area contributed by atoms with Crippen LogP contribution in [0, 0.1) is 0 Å². The predicted molar refractivity (Wildman–Crippen MR) is 109 cm³/mol. The molecule has 0 bridgehead atoms. The van der Waals surface area contributed by atoms with Crippen molar-refractivity contribution in [3.63, 3.8) is 0 Å². The summed E-state index contributed by atoms with van der Waals surface area (Å²) in [4.78, 5) is 4.36. The van der Waals surface area contributed by atoms with Crippen molar-refractivity contribution in [1.82, 2.24) is 0 Å². The molecule has 0 atom stereocenters. The summed E-state index contributed by atoms with van der Waals surface area (Å²) in [5.74, 6) is 1.68. The zero-order valence-electron chi connectivity index (χ0n) is 13.5. The smallest absolute Gasteiger partial charge is 0.159 e. The maximum atomic E-state index is 5.86. The molecule has 4 N–H and O–H groups in total. The van der Waals surface area contributed by atoms with Gasteiger partial charge in [-0.3, -0.25) is 0 Å². The quantitative estimate of drug-likeness (QED) is 0.573. The Morgan fingerprint density at radius 1 is 1.12 bits per heavy atom. The average Bonchev–Trinajstić information content (AvgIpc) is 2.54. The number of thioether (sulfide) groups is 1. The van der Waals surface area contributed by atoms with Crippen molar-refractivity contribution in [2.24, 2.45) is 16.5 Å². The molecule has 0 aliphatic carbocycles. The van der Waals surface area contributed by atoms with Crippen molar-refractivity contribution in [2.75, 3.05) is 5.75 Å².